The van der Waals surface area contributed by atoms with E-state index in [1.165, 1.54) is 35.7 Å². The van der Waals surface area contributed by atoms with Gasteiger partial charge in [-0.05, 0) is 17.7 Å². The van der Waals surface area contributed by atoms with E-state index in [-0.39, 0.29) is 25.4 Å². The molecule has 6 nitrogen and oxygen atoms in total. The Morgan fingerprint density at radius 2 is 2.10 bits per heavy atom. The highest BCUT2D eigenvalue weighted by Crippen LogP contribution is 2.16. The Morgan fingerprint density at radius 1 is 1.43 bits per heavy atom. The van der Waals surface area contributed by atoms with Crippen molar-refractivity contribution in [1.29, 1.82) is 0 Å². The molecule has 2 rings (SSSR count). The smallest absolute Gasteiger partial charge is 0.336 e. The van der Waals surface area contributed by atoms with E-state index in [2.05, 4.69) is 4.74 Å². The second kappa shape index (κ2) is 6.50. The molecule has 1 fully saturated rings. The number of benzene rings is 1. The Balaban J connectivity index is 2.08. The second-order valence-corrected chi connectivity index (χ2v) is 6.59. The summed E-state index contributed by atoms with van der Waals surface area (Å²) >= 11 is 0. The average molecular weight is 317 g/mol. The van der Waals surface area contributed by atoms with Crippen molar-refractivity contribution in [3.63, 3.8) is 0 Å². The number of nitrogens with zero attached hydrogens (tertiary/aromatic N) is 1. The number of hydrogen-bond donors (Lipinski definition) is 0. The molecular weight excluding hydrogens is 301 g/mol. The molecule has 0 saturated carbocycles. The van der Waals surface area contributed by atoms with Crippen molar-refractivity contribution < 1.29 is 27.1 Å². The molecule has 0 spiro atoms. The molecule has 1 aromatic carbocycles. The Bertz CT molecular complexity index is 601. The van der Waals surface area contributed by atoms with Gasteiger partial charge >= 0.3 is 5.97 Å². The number of carbonyl (C=O) groups is 1. The molecule has 1 aromatic rings. The van der Waals surface area contributed by atoms with E-state index in [1.54, 1.807) is 0 Å². The van der Waals surface area contributed by atoms with E-state index in [0.29, 0.717) is 5.56 Å². The van der Waals surface area contributed by atoms with Crippen molar-refractivity contribution >= 4 is 16.0 Å². The van der Waals surface area contributed by atoms with E-state index in [9.17, 15) is 17.6 Å². The standard InChI is InChI=1S/C13H16FNO5S/c1-19-13(16)12-8-15(6-7-20-12)21(17,18)9-10-2-4-11(14)5-3-10/h2-5,12H,6-9H2,1H3. The topological polar surface area (TPSA) is 72.9 Å². The fraction of sp³-hybridized carbons (Fsp3) is 0.462. The summed E-state index contributed by atoms with van der Waals surface area (Å²) in [5.74, 6) is -1.27. The maximum absolute atomic E-state index is 12.8. The summed E-state index contributed by atoms with van der Waals surface area (Å²) in [6, 6.07) is 5.26. The first-order valence-electron chi connectivity index (χ1n) is 6.34. The van der Waals surface area contributed by atoms with Crippen molar-refractivity contribution in [2.45, 2.75) is 11.9 Å². The molecule has 8 heteroatoms. The van der Waals surface area contributed by atoms with E-state index in [4.69, 9.17) is 4.74 Å². The van der Waals surface area contributed by atoms with Crippen LogP contribution in [0.3, 0.4) is 0 Å². The summed E-state index contributed by atoms with van der Waals surface area (Å²) in [5.41, 5.74) is 0.484. The molecule has 0 N–H and O–H groups in total. The Labute approximate surface area is 122 Å². The zero-order valence-corrected chi connectivity index (χ0v) is 12.3. The van der Waals surface area contributed by atoms with E-state index in [1.807, 2.05) is 0 Å². The number of hydrogen-bond acceptors (Lipinski definition) is 5. The van der Waals surface area contributed by atoms with Crippen LogP contribution < -0.4 is 0 Å². The lowest BCUT2D eigenvalue weighted by Crippen LogP contribution is -2.49. The summed E-state index contributed by atoms with van der Waals surface area (Å²) in [6.07, 6.45) is -0.910. The Morgan fingerprint density at radius 3 is 2.71 bits per heavy atom. The van der Waals surface area contributed by atoms with Gasteiger partial charge in [0.1, 0.15) is 5.82 Å². The number of esters is 1. The molecule has 1 heterocycles. The van der Waals surface area contributed by atoms with Crippen molar-refractivity contribution in [3.8, 4) is 0 Å². The van der Waals surface area contributed by atoms with Gasteiger partial charge in [-0.25, -0.2) is 17.6 Å². The predicted molar refractivity (Wildman–Crippen MR) is 72.4 cm³/mol. The zero-order chi connectivity index (χ0) is 15.5. The Kier molecular flexibility index (Phi) is 4.92. The van der Waals surface area contributed by atoms with Gasteiger partial charge in [-0.1, -0.05) is 12.1 Å². The monoisotopic (exact) mass is 317 g/mol. The van der Waals surface area contributed by atoms with Crippen LogP contribution in [0, 0.1) is 5.82 Å². The van der Waals surface area contributed by atoms with Gasteiger partial charge in [0, 0.05) is 6.54 Å². The van der Waals surface area contributed by atoms with Gasteiger partial charge < -0.3 is 9.47 Å². The van der Waals surface area contributed by atoms with Crippen LogP contribution in [0.5, 0.6) is 0 Å². The third-order valence-corrected chi connectivity index (χ3v) is 4.97. The maximum atomic E-state index is 12.8. The van der Waals surface area contributed by atoms with Crippen LogP contribution >= 0.6 is 0 Å². The van der Waals surface area contributed by atoms with Crippen molar-refractivity contribution in [3.05, 3.63) is 35.6 Å². The van der Waals surface area contributed by atoms with Crippen LogP contribution in [-0.4, -0.2) is 51.6 Å². The minimum Gasteiger partial charge on any atom is -0.467 e. The van der Waals surface area contributed by atoms with Crippen molar-refractivity contribution in [2.75, 3.05) is 26.8 Å². The molecular formula is C13H16FNO5S. The average Bonchev–Trinajstić information content (AvgIpc) is 2.49. The van der Waals surface area contributed by atoms with Gasteiger partial charge in [0.15, 0.2) is 6.10 Å². The molecule has 21 heavy (non-hydrogen) atoms. The van der Waals surface area contributed by atoms with Gasteiger partial charge in [0.2, 0.25) is 10.0 Å². The predicted octanol–water partition coefficient (Wildman–Crippen LogP) is 0.529. The van der Waals surface area contributed by atoms with Gasteiger partial charge in [-0.3, -0.25) is 0 Å². The summed E-state index contributed by atoms with van der Waals surface area (Å²) in [5, 5.41) is 0. The molecule has 1 saturated heterocycles. The number of halogens is 1. The first-order chi connectivity index (χ1) is 9.92. The molecule has 1 aliphatic heterocycles. The number of morpholine rings is 1. The minimum atomic E-state index is -3.60. The van der Waals surface area contributed by atoms with Crippen LogP contribution in [0.4, 0.5) is 4.39 Å². The molecule has 0 aromatic heterocycles. The lowest BCUT2D eigenvalue weighted by molar-refractivity contribution is -0.157. The van der Waals surface area contributed by atoms with Crippen LogP contribution in [0.15, 0.2) is 24.3 Å². The number of sulfonamides is 1. The first kappa shape index (κ1) is 15.9. The number of ether oxygens (including phenoxy) is 2. The minimum absolute atomic E-state index is 0.0732. The fourth-order valence-electron chi connectivity index (χ4n) is 2.03. The van der Waals surface area contributed by atoms with Crippen LogP contribution in [0.25, 0.3) is 0 Å². The van der Waals surface area contributed by atoms with Gasteiger partial charge in [-0.15, -0.1) is 0 Å². The molecule has 1 unspecified atom stereocenters. The summed E-state index contributed by atoms with van der Waals surface area (Å²) in [7, 11) is -2.38. The number of carbonyl (C=O) groups excluding carboxylic acids is 1. The highest BCUT2D eigenvalue weighted by Gasteiger charge is 2.33. The van der Waals surface area contributed by atoms with Gasteiger partial charge in [0.05, 0.1) is 26.0 Å². The fourth-order valence-corrected chi connectivity index (χ4v) is 3.55. The highest BCUT2D eigenvalue weighted by atomic mass is 32.2. The van der Waals surface area contributed by atoms with Crippen LogP contribution in [-0.2, 0) is 30.0 Å². The van der Waals surface area contributed by atoms with E-state index >= 15 is 0 Å². The lowest BCUT2D eigenvalue weighted by Gasteiger charge is -2.30. The summed E-state index contributed by atoms with van der Waals surface area (Å²) in [4.78, 5) is 11.4. The van der Waals surface area contributed by atoms with Gasteiger partial charge in [-0.2, -0.15) is 4.31 Å². The molecule has 0 bridgehead atoms. The zero-order valence-electron chi connectivity index (χ0n) is 11.5. The normalized spacial score (nSPS) is 20.2. The van der Waals surface area contributed by atoms with Crippen LogP contribution in [0.1, 0.15) is 5.56 Å². The quantitative estimate of drug-likeness (QED) is 0.758. The molecule has 0 radical (unpaired) electrons. The molecule has 1 atom stereocenters. The molecule has 0 aliphatic carbocycles. The molecule has 0 amide bonds. The van der Waals surface area contributed by atoms with Crippen LogP contribution in [0.2, 0.25) is 0 Å². The SMILES string of the molecule is COC(=O)C1CN(S(=O)(=O)Cc2ccc(F)cc2)CCO1. The number of rotatable bonds is 4. The highest BCUT2D eigenvalue weighted by molar-refractivity contribution is 7.88. The third-order valence-electron chi connectivity index (χ3n) is 3.15. The lowest BCUT2D eigenvalue weighted by atomic mass is 10.2. The Hall–Kier alpha value is -1.51. The largest absolute Gasteiger partial charge is 0.467 e. The summed E-state index contributed by atoms with van der Waals surface area (Å²) in [6.45, 7) is 0.232. The van der Waals surface area contributed by atoms with E-state index in [0.717, 1.165) is 0 Å². The first-order valence-corrected chi connectivity index (χ1v) is 7.95. The van der Waals surface area contributed by atoms with Gasteiger partial charge in [0.25, 0.3) is 0 Å². The number of methoxy groups -OCH3 is 1. The van der Waals surface area contributed by atoms with E-state index < -0.39 is 27.9 Å². The molecule has 116 valence electrons. The van der Waals surface area contributed by atoms with Crippen molar-refractivity contribution in [1.82, 2.24) is 4.31 Å². The summed E-state index contributed by atoms with van der Waals surface area (Å²) < 4.78 is 48.4. The molecule has 1 aliphatic rings. The third kappa shape index (κ3) is 3.99. The van der Waals surface area contributed by atoms with Crippen molar-refractivity contribution in [2.24, 2.45) is 0 Å². The maximum Gasteiger partial charge on any atom is 0.336 e. The second-order valence-electron chi connectivity index (χ2n) is 4.62.